The maximum absolute atomic E-state index is 11.7. The summed E-state index contributed by atoms with van der Waals surface area (Å²) >= 11 is 0. The molecule has 1 unspecified atom stereocenters. The van der Waals surface area contributed by atoms with Crippen LogP contribution in [0.4, 0.5) is 0 Å². The van der Waals surface area contributed by atoms with Crippen molar-refractivity contribution < 1.29 is 14.3 Å². The summed E-state index contributed by atoms with van der Waals surface area (Å²) in [6.45, 7) is 5.28. The highest BCUT2D eigenvalue weighted by Crippen LogP contribution is 2.15. The molecule has 1 saturated heterocycles. The quantitative estimate of drug-likeness (QED) is 0.794. The highest BCUT2D eigenvalue weighted by atomic mass is 16.5. The number of pyridine rings is 1. The molecule has 2 rings (SSSR count). The Morgan fingerprint density at radius 1 is 1.72 bits per heavy atom. The second-order valence-electron chi connectivity index (χ2n) is 3.98. The van der Waals surface area contributed by atoms with Crippen LogP contribution in [-0.2, 0) is 4.74 Å². The largest absolute Gasteiger partial charge is 0.472 e. The molecule has 1 N–H and O–H groups in total. The van der Waals surface area contributed by atoms with Gasteiger partial charge in [0.05, 0.1) is 13.2 Å². The van der Waals surface area contributed by atoms with Gasteiger partial charge in [-0.2, -0.15) is 0 Å². The molecule has 18 heavy (non-hydrogen) atoms. The Balaban J connectivity index is 1.99. The zero-order valence-corrected chi connectivity index (χ0v) is 10.1. The smallest absolute Gasteiger partial charge is 0.251 e. The molecule has 5 heteroatoms. The van der Waals surface area contributed by atoms with Crippen LogP contribution in [0.2, 0.25) is 0 Å². The summed E-state index contributed by atoms with van der Waals surface area (Å²) in [5, 5.41) is 2.70. The molecular weight excluding hydrogens is 232 g/mol. The van der Waals surface area contributed by atoms with E-state index in [2.05, 4.69) is 16.9 Å². The fraction of sp³-hybridized carbons (Fsp3) is 0.385. The predicted molar refractivity (Wildman–Crippen MR) is 66.6 cm³/mol. The summed E-state index contributed by atoms with van der Waals surface area (Å²) in [5.41, 5.74) is 0.528. The maximum Gasteiger partial charge on any atom is 0.251 e. The fourth-order valence-electron chi connectivity index (χ4n) is 1.66. The third-order valence-electron chi connectivity index (χ3n) is 2.58. The van der Waals surface area contributed by atoms with Gasteiger partial charge in [-0.1, -0.05) is 6.08 Å². The van der Waals surface area contributed by atoms with Crippen molar-refractivity contribution in [1.29, 1.82) is 0 Å². The number of ether oxygens (including phenoxy) is 2. The average molecular weight is 248 g/mol. The molecule has 0 aromatic carbocycles. The predicted octanol–water partition coefficient (Wildman–Crippen LogP) is 1.17. The van der Waals surface area contributed by atoms with Crippen molar-refractivity contribution in [2.24, 2.45) is 0 Å². The van der Waals surface area contributed by atoms with Crippen molar-refractivity contribution >= 4 is 5.91 Å². The molecule has 1 atom stereocenters. The molecule has 1 amide bonds. The zero-order chi connectivity index (χ0) is 12.8. The number of carbonyl (C=O) groups is 1. The Bertz CT molecular complexity index is 428. The average Bonchev–Trinajstić information content (AvgIpc) is 2.89. The Morgan fingerprint density at radius 2 is 2.61 bits per heavy atom. The molecule has 1 aromatic heterocycles. The van der Waals surface area contributed by atoms with Crippen molar-refractivity contribution in [3.8, 4) is 5.88 Å². The van der Waals surface area contributed by atoms with Gasteiger partial charge in [-0.15, -0.1) is 6.58 Å². The molecule has 0 saturated carbocycles. The molecule has 2 heterocycles. The van der Waals surface area contributed by atoms with Gasteiger partial charge in [0, 0.05) is 30.8 Å². The van der Waals surface area contributed by atoms with Gasteiger partial charge in [-0.05, 0) is 6.07 Å². The third kappa shape index (κ3) is 3.30. The lowest BCUT2D eigenvalue weighted by atomic mass is 10.2. The van der Waals surface area contributed by atoms with E-state index in [9.17, 15) is 4.79 Å². The number of aromatic nitrogens is 1. The van der Waals surface area contributed by atoms with E-state index in [0.29, 0.717) is 31.2 Å². The summed E-state index contributed by atoms with van der Waals surface area (Å²) in [6.07, 6.45) is 4.08. The van der Waals surface area contributed by atoms with Crippen molar-refractivity contribution in [3.63, 3.8) is 0 Å². The molecule has 0 aliphatic carbocycles. The van der Waals surface area contributed by atoms with Gasteiger partial charge in [0.1, 0.15) is 6.10 Å². The van der Waals surface area contributed by atoms with E-state index in [1.807, 2.05) is 0 Å². The lowest BCUT2D eigenvalue weighted by Gasteiger charge is -2.11. The van der Waals surface area contributed by atoms with Crippen LogP contribution >= 0.6 is 0 Å². The second-order valence-corrected chi connectivity index (χ2v) is 3.98. The van der Waals surface area contributed by atoms with Gasteiger partial charge < -0.3 is 14.8 Å². The van der Waals surface area contributed by atoms with E-state index in [4.69, 9.17) is 9.47 Å². The lowest BCUT2D eigenvalue weighted by Crippen LogP contribution is -2.23. The number of carbonyl (C=O) groups excluding carboxylic acids is 1. The molecule has 0 radical (unpaired) electrons. The molecule has 0 bridgehead atoms. The first-order valence-electron chi connectivity index (χ1n) is 5.89. The minimum Gasteiger partial charge on any atom is -0.472 e. The van der Waals surface area contributed by atoms with Crippen molar-refractivity contribution in [3.05, 3.63) is 36.5 Å². The summed E-state index contributed by atoms with van der Waals surface area (Å²) < 4.78 is 10.9. The van der Waals surface area contributed by atoms with E-state index in [-0.39, 0.29) is 12.0 Å². The van der Waals surface area contributed by atoms with Crippen LogP contribution in [0.5, 0.6) is 5.88 Å². The highest BCUT2D eigenvalue weighted by Gasteiger charge is 2.18. The van der Waals surface area contributed by atoms with E-state index in [1.165, 1.54) is 0 Å². The molecule has 1 aliphatic rings. The second kappa shape index (κ2) is 6.16. The monoisotopic (exact) mass is 248 g/mol. The van der Waals surface area contributed by atoms with Crippen LogP contribution in [0, 0.1) is 0 Å². The SMILES string of the molecule is C=CCNC(=O)c1ccnc(OC2CCOC2)c1. The normalized spacial score (nSPS) is 18.3. The molecule has 5 nitrogen and oxygen atoms in total. The van der Waals surface area contributed by atoms with Gasteiger partial charge in [0.2, 0.25) is 5.88 Å². The van der Waals surface area contributed by atoms with E-state index in [0.717, 1.165) is 6.42 Å². The highest BCUT2D eigenvalue weighted by molar-refractivity contribution is 5.94. The number of hydrogen-bond donors (Lipinski definition) is 1. The van der Waals surface area contributed by atoms with Crippen LogP contribution in [0.15, 0.2) is 31.0 Å². The van der Waals surface area contributed by atoms with Crippen LogP contribution in [0.1, 0.15) is 16.8 Å². The summed E-state index contributed by atoms with van der Waals surface area (Å²) in [5.74, 6) is 0.293. The van der Waals surface area contributed by atoms with Crippen LogP contribution in [0.25, 0.3) is 0 Å². The minimum absolute atomic E-state index is 0.0315. The van der Waals surface area contributed by atoms with E-state index in [1.54, 1.807) is 24.4 Å². The molecule has 0 spiro atoms. The maximum atomic E-state index is 11.7. The van der Waals surface area contributed by atoms with Gasteiger partial charge in [-0.25, -0.2) is 4.98 Å². The number of nitrogens with one attached hydrogen (secondary N) is 1. The zero-order valence-electron chi connectivity index (χ0n) is 10.1. The van der Waals surface area contributed by atoms with Gasteiger partial charge in [0.15, 0.2) is 0 Å². The third-order valence-corrected chi connectivity index (χ3v) is 2.58. The Kier molecular flexibility index (Phi) is 4.30. The van der Waals surface area contributed by atoms with E-state index >= 15 is 0 Å². The molecular formula is C13H16N2O3. The molecule has 1 fully saturated rings. The summed E-state index contributed by atoms with van der Waals surface area (Å²) in [7, 11) is 0. The Hall–Kier alpha value is -1.88. The van der Waals surface area contributed by atoms with Crippen LogP contribution < -0.4 is 10.1 Å². The lowest BCUT2D eigenvalue weighted by molar-refractivity contribution is 0.0956. The van der Waals surface area contributed by atoms with Crippen LogP contribution in [0.3, 0.4) is 0 Å². The first-order chi connectivity index (χ1) is 8.79. The van der Waals surface area contributed by atoms with Crippen LogP contribution in [-0.4, -0.2) is 36.8 Å². The fourth-order valence-corrected chi connectivity index (χ4v) is 1.66. The molecule has 96 valence electrons. The van der Waals surface area contributed by atoms with E-state index < -0.39 is 0 Å². The number of nitrogens with zero attached hydrogens (tertiary/aromatic N) is 1. The topological polar surface area (TPSA) is 60.5 Å². The number of rotatable bonds is 5. The Morgan fingerprint density at radius 3 is 3.33 bits per heavy atom. The minimum atomic E-state index is -0.162. The van der Waals surface area contributed by atoms with Crippen molar-refractivity contribution in [1.82, 2.24) is 10.3 Å². The summed E-state index contributed by atoms with van der Waals surface area (Å²) in [4.78, 5) is 15.8. The van der Waals surface area contributed by atoms with Crippen molar-refractivity contribution in [2.45, 2.75) is 12.5 Å². The number of hydrogen-bond acceptors (Lipinski definition) is 4. The number of amides is 1. The molecule has 1 aromatic rings. The first-order valence-corrected chi connectivity index (χ1v) is 5.89. The van der Waals surface area contributed by atoms with Crippen molar-refractivity contribution in [2.75, 3.05) is 19.8 Å². The van der Waals surface area contributed by atoms with Gasteiger partial charge in [-0.3, -0.25) is 4.79 Å². The van der Waals surface area contributed by atoms with Gasteiger partial charge >= 0.3 is 0 Å². The van der Waals surface area contributed by atoms with Gasteiger partial charge in [0.25, 0.3) is 5.91 Å². The molecule has 1 aliphatic heterocycles. The standard InChI is InChI=1S/C13H16N2O3/c1-2-5-15-13(16)10-3-6-14-12(8-10)18-11-4-7-17-9-11/h2-3,6,8,11H,1,4-5,7,9H2,(H,15,16). The Labute approximate surface area is 106 Å². The summed E-state index contributed by atoms with van der Waals surface area (Å²) in [6, 6.07) is 3.28. The first kappa shape index (κ1) is 12.6.